The number of hydrogen-bond donors (Lipinski definition) is 1. The van der Waals surface area contributed by atoms with Gasteiger partial charge in [0.25, 0.3) is 5.56 Å². The number of nitrogens with two attached hydrogens (primary N) is 1. The van der Waals surface area contributed by atoms with E-state index in [2.05, 4.69) is 4.98 Å². The molecule has 0 radical (unpaired) electrons. The summed E-state index contributed by atoms with van der Waals surface area (Å²) in [5.41, 5.74) is 4.20. The molecule has 0 spiro atoms. The molecule has 166 valence electrons. The predicted octanol–water partition coefficient (Wildman–Crippen LogP) is 5.12. The first-order chi connectivity index (χ1) is 13.7. The molecule has 1 unspecified atom stereocenters. The molecule has 0 aliphatic carbocycles. The second-order valence-electron chi connectivity index (χ2n) is 6.50. The van der Waals surface area contributed by atoms with Crippen molar-refractivity contribution in [2.45, 2.75) is 32.1 Å². The van der Waals surface area contributed by atoms with Gasteiger partial charge in [-0.25, -0.2) is 4.98 Å². The molecular formula is C17H16Cl2F6N4O. The maximum Gasteiger partial charge on any atom is 0.407 e. The van der Waals surface area contributed by atoms with Gasteiger partial charge in [-0.05, 0) is 30.7 Å². The van der Waals surface area contributed by atoms with Gasteiger partial charge in [0.2, 0.25) is 0 Å². The number of aryl methyl sites for hydroxylation is 1. The SMILES string of the molecule is CC(CCc1nc(N(Cl)CC(F)(F)F)c(N)c(=O)n1-c1ccc(Cl)cc1)C(F)(F)F. The van der Waals surface area contributed by atoms with Crippen LogP contribution in [0.15, 0.2) is 29.1 Å². The number of benzene rings is 1. The lowest BCUT2D eigenvalue weighted by Crippen LogP contribution is -2.33. The van der Waals surface area contributed by atoms with Crippen molar-refractivity contribution in [1.82, 2.24) is 9.55 Å². The van der Waals surface area contributed by atoms with Gasteiger partial charge < -0.3 is 5.73 Å². The van der Waals surface area contributed by atoms with E-state index in [0.29, 0.717) is 5.02 Å². The molecule has 2 N–H and O–H groups in total. The Kier molecular flexibility index (Phi) is 7.18. The summed E-state index contributed by atoms with van der Waals surface area (Å²) in [5.74, 6) is -2.65. The lowest BCUT2D eigenvalue weighted by Gasteiger charge is -2.22. The van der Waals surface area contributed by atoms with Crippen LogP contribution in [-0.2, 0) is 6.42 Å². The van der Waals surface area contributed by atoms with E-state index >= 15 is 0 Å². The molecule has 1 atom stereocenters. The van der Waals surface area contributed by atoms with Crippen LogP contribution < -0.4 is 15.7 Å². The third-order valence-electron chi connectivity index (χ3n) is 4.16. The van der Waals surface area contributed by atoms with Crippen molar-refractivity contribution in [3.63, 3.8) is 0 Å². The van der Waals surface area contributed by atoms with Crippen LogP contribution in [0.2, 0.25) is 5.02 Å². The van der Waals surface area contributed by atoms with Crippen LogP contribution in [0.1, 0.15) is 19.2 Å². The zero-order valence-corrected chi connectivity index (χ0v) is 16.9. The average molecular weight is 477 g/mol. The largest absolute Gasteiger partial charge is 0.407 e. The van der Waals surface area contributed by atoms with E-state index in [1.54, 1.807) is 0 Å². The first-order valence-electron chi connectivity index (χ1n) is 8.45. The van der Waals surface area contributed by atoms with E-state index in [-0.39, 0.29) is 22.4 Å². The zero-order valence-electron chi connectivity index (χ0n) is 15.4. The average Bonchev–Trinajstić information content (AvgIpc) is 2.61. The number of aromatic nitrogens is 2. The van der Waals surface area contributed by atoms with Gasteiger partial charge in [-0.15, -0.1) is 0 Å². The van der Waals surface area contributed by atoms with E-state index in [1.807, 2.05) is 0 Å². The van der Waals surface area contributed by atoms with Gasteiger partial charge in [-0.2, -0.15) is 26.3 Å². The summed E-state index contributed by atoms with van der Waals surface area (Å²) in [4.78, 5) is 16.7. The normalized spacial score (nSPS) is 13.4. The summed E-state index contributed by atoms with van der Waals surface area (Å²) in [6.45, 7) is -0.727. The molecule has 0 amide bonds. The Morgan fingerprint density at radius 3 is 2.23 bits per heavy atom. The standard InChI is InChI=1S/C17H16Cl2F6N4O/c1-9(17(23,24)25)2-7-12-27-14(28(19)8-16(20,21)22)13(26)15(30)29(12)11-5-3-10(18)4-6-11/h3-6,9H,2,7-8,26H2,1H3. The van der Waals surface area contributed by atoms with Crippen molar-refractivity contribution in [2.24, 2.45) is 5.92 Å². The Balaban J connectivity index is 2.58. The first kappa shape index (κ1) is 24.1. The van der Waals surface area contributed by atoms with Crippen molar-refractivity contribution in [3.05, 3.63) is 45.5 Å². The molecule has 1 heterocycles. The molecule has 1 aromatic carbocycles. The smallest absolute Gasteiger partial charge is 0.391 e. The van der Waals surface area contributed by atoms with Gasteiger partial charge in [-0.1, -0.05) is 18.5 Å². The van der Waals surface area contributed by atoms with Crippen molar-refractivity contribution < 1.29 is 26.3 Å². The van der Waals surface area contributed by atoms with Crippen molar-refractivity contribution in [3.8, 4) is 5.69 Å². The Labute approximate surface area is 177 Å². The van der Waals surface area contributed by atoms with Gasteiger partial charge in [0.05, 0.1) is 11.6 Å². The van der Waals surface area contributed by atoms with Crippen LogP contribution in [0.4, 0.5) is 37.8 Å². The number of rotatable bonds is 6. The van der Waals surface area contributed by atoms with E-state index in [4.69, 9.17) is 29.1 Å². The van der Waals surface area contributed by atoms with Gasteiger partial charge in [0, 0.05) is 23.2 Å². The quantitative estimate of drug-likeness (QED) is 0.464. The number of hydrogen-bond acceptors (Lipinski definition) is 4. The fraction of sp³-hybridized carbons (Fsp3) is 0.412. The molecule has 30 heavy (non-hydrogen) atoms. The van der Waals surface area contributed by atoms with E-state index in [0.717, 1.165) is 11.5 Å². The number of anilines is 2. The van der Waals surface area contributed by atoms with Crippen LogP contribution in [-0.4, -0.2) is 28.4 Å². The molecule has 0 saturated heterocycles. The molecule has 0 fully saturated rings. The minimum Gasteiger partial charge on any atom is -0.391 e. The summed E-state index contributed by atoms with van der Waals surface area (Å²) < 4.78 is 77.7. The summed E-state index contributed by atoms with van der Waals surface area (Å²) >= 11 is 11.4. The zero-order chi connectivity index (χ0) is 22.9. The Morgan fingerprint density at radius 1 is 1.17 bits per heavy atom. The second-order valence-corrected chi connectivity index (χ2v) is 7.34. The van der Waals surface area contributed by atoms with E-state index in [9.17, 15) is 31.1 Å². The maximum absolute atomic E-state index is 12.9. The molecule has 0 saturated carbocycles. The van der Waals surface area contributed by atoms with Crippen molar-refractivity contribution in [2.75, 3.05) is 16.7 Å². The monoisotopic (exact) mass is 476 g/mol. The summed E-state index contributed by atoms with van der Waals surface area (Å²) in [5, 5.41) is 0.328. The highest BCUT2D eigenvalue weighted by Gasteiger charge is 2.36. The van der Waals surface area contributed by atoms with Crippen LogP contribution in [0.25, 0.3) is 5.69 Å². The highest BCUT2D eigenvalue weighted by Crippen LogP contribution is 2.31. The fourth-order valence-electron chi connectivity index (χ4n) is 2.52. The third kappa shape index (κ3) is 5.94. The molecule has 0 aliphatic heterocycles. The molecule has 2 rings (SSSR count). The molecule has 0 aliphatic rings. The number of halogens is 8. The van der Waals surface area contributed by atoms with E-state index < -0.39 is 48.3 Å². The van der Waals surface area contributed by atoms with Crippen LogP contribution >= 0.6 is 23.4 Å². The van der Waals surface area contributed by atoms with Crippen LogP contribution in [0.5, 0.6) is 0 Å². The van der Waals surface area contributed by atoms with Gasteiger partial charge in [0.15, 0.2) is 5.82 Å². The minimum absolute atomic E-state index is 0.111. The van der Waals surface area contributed by atoms with Gasteiger partial charge in [0.1, 0.15) is 18.1 Å². The molecule has 5 nitrogen and oxygen atoms in total. The molecule has 1 aromatic heterocycles. The maximum atomic E-state index is 12.9. The highest BCUT2D eigenvalue weighted by atomic mass is 35.5. The third-order valence-corrected chi connectivity index (χ3v) is 4.69. The Hall–Kier alpha value is -2.14. The molecular weight excluding hydrogens is 461 g/mol. The lowest BCUT2D eigenvalue weighted by atomic mass is 10.0. The van der Waals surface area contributed by atoms with Crippen LogP contribution in [0.3, 0.4) is 0 Å². The van der Waals surface area contributed by atoms with Gasteiger partial charge in [-0.3, -0.25) is 13.8 Å². The van der Waals surface area contributed by atoms with E-state index in [1.165, 1.54) is 24.3 Å². The van der Waals surface area contributed by atoms with Gasteiger partial charge >= 0.3 is 12.4 Å². The van der Waals surface area contributed by atoms with Crippen molar-refractivity contribution >= 4 is 34.9 Å². The Morgan fingerprint density at radius 2 is 1.73 bits per heavy atom. The number of nitrogens with zero attached hydrogens (tertiary/aromatic N) is 3. The number of alkyl halides is 6. The molecule has 0 bridgehead atoms. The van der Waals surface area contributed by atoms with Crippen molar-refractivity contribution in [1.29, 1.82) is 0 Å². The minimum atomic E-state index is -4.73. The predicted molar refractivity (Wildman–Crippen MR) is 102 cm³/mol. The highest BCUT2D eigenvalue weighted by molar-refractivity contribution is 6.30. The molecule has 2 aromatic rings. The summed E-state index contributed by atoms with van der Waals surface area (Å²) in [6.07, 6.45) is -10.1. The Bertz CT molecular complexity index is 943. The first-order valence-corrected chi connectivity index (χ1v) is 9.16. The lowest BCUT2D eigenvalue weighted by molar-refractivity contribution is -0.171. The van der Waals surface area contributed by atoms with Crippen LogP contribution in [0, 0.1) is 5.92 Å². The topological polar surface area (TPSA) is 64.2 Å². The summed E-state index contributed by atoms with van der Waals surface area (Å²) in [7, 11) is 0. The molecule has 13 heteroatoms. The summed E-state index contributed by atoms with van der Waals surface area (Å²) in [6, 6.07) is 5.64. The number of nitrogen functional groups attached to an aromatic ring is 1. The fourth-order valence-corrected chi connectivity index (χ4v) is 2.91. The second kappa shape index (κ2) is 8.93.